The number of hydrogen-bond acceptors (Lipinski definition) is 3. The van der Waals surface area contributed by atoms with E-state index in [1.165, 1.54) is 0 Å². The molecule has 0 saturated carbocycles. The SMILES string of the molecule is CC1CCC(=O)O1.c1ccoc1. The molecule has 0 bridgehead atoms. The van der Waals surface area contributed by atoms with Crippen molar-refractivity contribution in [2.45, 2.75) is 25.9 Å². The van der Waals surface area contributed by atoms with Gasteiger partial charge in [0.2, 0.25) is 0 Å². The molecule has 66 valence electrons. The summed E-state index contributed by atoms with van der Waals surface area (Å²) in [6.07, 6.45) is 4.94. The Labute approximate surface area is 71.3 Å². The monoisotopic (exact) mass is 168 g/mol. The number of rotatable bonds is 0. The van der Waals surface area contributed by atoms with E-state index in [9.17, 15) is 4.79 Å². The van der Waals surface area contributed by atoms with Crippen LogP contribution in [0.5, 0.6) is 0 Å². The van der Waals surface area contributed by atoms with Crippen LogP contribution in [0.1, 0.15) is 19.8 Å². The Morgan fingerprint density at radius 2 is 2.08 bits per heavy atom. The van der Waals surface area contributed by atoms with Crippen molar-refractivity contribution in [1.82, 2.24) is 0 Å². The van der Waals surface area contributed by atoms with Crippen LogP contribution in [0, 0.1) is 0 Å². The number of carbonyl (C=O) groups excluding carboxylic acids is 1. The van der Waals surface area contributed by atoms with E-state index < -0.39 is 0 Å². The molecule has 2 heterocycles. The van der Waals surface area contributed by atoms with E-state index in [1.807, 2.05) is 19.1 Å². The van der Waals surface area contributed by atoms with Gasteiger partial charge in [-0.25, -0.2) is 0 Å². The maximum atomic E-state index is 10.2. The van der Waals surface area contributed by atoms with Crippen LogP contribution >= 0.6 is 0 Å². The Kier molecular flexibility index (Phi) is 3.38. The molecule has 12 heavy (non-hydrogen) atoms. The molecule has 1 aromatic rings. The van der Waals surface area contributed by atoms with E-state index in [4.69, 9.17) is 4.74 Å². The van der Waals surface area contributed by atoms with Gasteiger partial charge in [-0.2, -0.15) is 0 Å². The molecule has 3 heteroatoms. The van der Waals surface area contributed by atoms with Gasteiger partial charge in [-0.05, 0) is 25.5 Å². The second-order valence-corrected chi connectivity index (χ2v) is 2.63. The molecule has 1 fully saturated rings. The Morgan fingerprint density at radius 3 is 2.25 bits per heavy atom. The minimum absolute atomic E-state index is 0.0486. The zero-order valence-corrected chi connectivity index (χ0v) is 7.03. The van der Waals surface area contributed by atoms with Crippen molar-refractivity contribution in [1.29, 1.82) is 0 Å². The van der Waals surface area contributed by atoms with E-state index >= 15 is 0 Å². The molecule has 1 saturated heterocycles. The third-order valence-corrected chi connectivity index (χ3v) is 1.51. The Balaban J connectivity index is 0.000000127. The van der Waals surface area contributed by atoms with Gasteiger partial charge in [0.05, 0.1) is 18.6 Å². The molecular weight excluding hydrogens is 156 g/mol. The number of carbonyl (C=O) groups is 1. The zero-order valence-electron chi connectivity index (χ0n) is 7.03. The predicted octanol–water partition coefficient (Wildman–Crippen LogP) is 1.99. The van der Waals surface area contributed by atoms with Gasteiger partial charge < -0.3 is 9.15 Å². The number of cyclic esters (lactones) is 1. The highest BCUT2D eigenvalue weighted by Crippen LogP contribution is 2.11. The Hall–Kier alpha value is -1.25. The lowest BCUT2D eigenvalue weighted by atomic mass is 10.3. The molecular formula is C9H12O3. The number of esters is 1. The molecule has 1 aliphatic heterocycles. The van der Waals surface area contributed by atoms with Crippen molar-refractivity contribution < 1.29 is 13.9 Å². The summed E-state index contributed by atoms with van der Waals surface area (Å²) in [6.45, 7) is 1.91. The standard InChI is InChI=1S/C5H8O2.C4H4O/c1-4-2-3-5(6)7-4;1-2-4-5-3-1/h4H,2-3H2,1H3;1-4H. The van der Waals surface area contributed by atoms with Gasteiger partial charge >= 0.3 is 5.97 Å². The van der Waals surface area contributed by atoms with Crippen molar-refractivity contribution in [3.63, 3.8) is 0 Å². The summed E-state index contributed by atoms with van der Waals surface area (Å²) in [6, 6.07) is 3.67. The predicted molar refractivity (Wildman–Crippen MR) is 43.5 cm³/mol. The molecule has 0 N–H and O–H groups in total. The molecule has 0 amide bonds. The summed E-state index contributed by atoms with van der Waals surface area (Å²) in [4.78, 5) is 10.2. The Morgan fingerprint density at radius 1 is 1.42 bits per heavy atom. The molecule has 1 unspecified atom stereocenters. The van der Waals surface area contributed by atoms with Crippen LogP contribution < -0.4 is 0 Å². The molecule has 1 aromatic heterocycles. The van der Waals surface area contributed by atoms with Gasteiger partial charge in [0.15, 0.2) is 0 Å². The lowest BCUT2D eigenvalue weighted by Crippen LogP contribution is -1.98. The second-order valence-electron chi connectivity index (χ2n) is 2.63. The highest BCUT2D eigenvalue weighted by atomic mass is 16.5. The summed E-state index contributed by atoms with van der Waals surface area (Å²) in [5.41, 5.74) is 0. The van der Waals surface area contributed by atoms with Crippen LogP contribution in [0.4, 0.5) is 0 Å². The summed E-state index contributed by atoms with van der Waals surface area (Å²) >= 11 is 0. The highest BCUT2D eigenvalue weighted by molar-refractivity contribution is 5.71. The first-order valence-corrected chi connectivity index (χ1v) is 3.95. The van der Waals surface area contributed by atoms with Crippen molar-refractivity contribution in [2.24, 2.45) is 0 Å². The smallest absolute Gasteiger partial charge is 0.306 e. The molecule has 3 nitrogen and oxygen atoms in total. The minimum Gasteiger partial charge on any atom is -0.473 e. The lowest BCUT2D eigenvalue weighted by molar-refractivity contribution is -0.140. The van der Waals surface area contributed by atoms with Crippen LogP contribution in [0.25, 0.3) is 0 Å². The van der Waals surface area contributed by atoms with Gasteiger partial charge in [-0.1, -0.05) is 0 Å². The van der Waals surface area contributed by atoms with Crippen molar-refractivity contribution in [3.8, 4) is 0 Å². The van der Waals surface area contributed by atoms with Crippen LogP contribution in [0.15, 0.2) is 29.1 Å². The summed E-state index contributed by atoms with van der Waals surface area (Å²) in [5, 5.41) is 0. The normalized spacial score (nSPS) is 21.1. The molecule has 0 aliphatic carbocycles. The first-order valence-electron chi connectivity index (χ1n) is 3.95. The van der Waals surface area contributed by atoms with Crippen molar-refractivity contribution in [3.05, 3.63) is 24.7 Å². The van der Waals surface area contributed by atoms with Crippen molar-refractivity contribution in [2.75, 3.05) is 0 Å². The fourth-order valence-electron chi connectivity index (χ4n) is 0.890. The zero-order chi connectivity index (χ0) is 8.81. The van der Waals surface area contributed by atoms with Gasteiger partial charge in [-0.3, -0.25) is 4.79 Å². The average molecular weight is 168 g/mol. The molecule has 0 radical (unpaired) electrons. The van der Waals surface area contributed by atoms with Gasteiger partial charge in [-0.15, -0.1) is 0 Å². The maximum absolute atomic E-state index is 10.2. The molecule has 1 aliphatic rings. The molecule has 0 spiro atoms. The third kappa shape index (κ3) is 3.23. The maximum Gasteiger partial charge on any atom is 0.306 e. The van der Waals surface area contributed by atoms with Crippen LogP contribution in [0.3, 0.4) is 0 Å². The fraction of sp³-hybridized carbons (Fsp3) is 0.444. The molecule has 0 aromatic carbocycles. The largest absolute Gasteiger partial charge is 0.473 e. The third-order valence-electron chi connectivity index (χ3n) is 1.51. The summed E-state index contributed by atoms with van der Waals surface area (Å²) in [5.74, 6) is -0.0486. The van der Waals surface area contributed by atoms with Crippen LogP contribution in [-0.4, -0.2) is 12.1 Å². The minimum atomic E-state index is -0.0486. The first kappa shape index (κ1) is 8.84. The van der Waals surface area contributed by atoms with Crippen LogP contribution in [-0.2, 0) is 9.53 Å². The second kappa shape index (κ2) is 4.59. The number of ether oxygens (including phenoxy) is 1. The van der Waals surface area contributed by atoms with Crippen LogP contribution in [0.2, 0.25) is 0 Å². The first-order chi connectivity index (χ1) is 5.79. The summed E-state index contributed by atoms with van der Waals surface area (Å²) in [7, 11) is 0. The number of hydrogen-bond donors (Lipinski definition) is 0. The lowest BCUT2D eigenvalue weighted by Gasteiger charge is -1.95. The molecule has 2 rings (SSSR count). The van der Waals surface area contributed by atoms with E-state index in [1.54, 1.807) is 12.5 Å². The number of furan rings is 1. The van der Waals surface area contributed by atoms with Gasteiger partial charge in [0.1, 0.15) is 0 Å². The molecule has 1 atom stereocenters. The highest BCUT2D eigenvalue weighted by Gasteiger charge is 2.17. The topological polar surface area (TPSA) is 39.4 Å². The Bertz CT molecular complexity index is 198. The van der Waals surface area contributed by atoms with E-state index in [2.05, 4.69) is 4.42 Å². The van der Waals surface area contributed by atoms with E-state index in [0.717, 1.165) is 6.42 Å². The quantitative estimate of drug-likeness (QED) is 0.556. The summed E-state index contributed by atoms with van der Waals surface area (Å²) < 4.78 is 9.31. The van der Waals surface area contributed by atoms with Gasteiger partial charge in [0.25, 0.3) is 0 Å². The fourth-order valence-corrected chi connectivity index (χ4v) is 0.890. The average Bonchev–Trinajstić information content (AvgIpc) is 2.63. The van der Waals surface area contributed by atoms with Crippen molar-refractivity contribution >= 4 is 5.97 Å². The van der Waals surface area contributed by atoms with Gasteiger partial charge in [0, 0.05) is 6.42 Å². The van der Waals surface area contributed by atoms with E-state index in [0.29, 0.717) is 6.42 Å². The van der Waals surface area contributed by atoms with E-state index in [-0.39, 0.29) is 12.1 Å².